The highest BCUT2D eigenvalue weighted by Crippen LogP contribution is 2.13. The van der Waals surface area contributed by atoms with Gasteiger partial charge >= 0.3 is 6.09 Å². The van der Waals surface area contributed by atoms with Crippen LogP contribution in [0.3, 0.4) is 0 Å². The summed E-state index contributed by atoms with van der Waals surface area (Å²) in [5.74, 6) is 0. The van der Waals surface area contributed by atoms with Crippen molar-refractivity contribution in [3.63, 3.8) is 0 Å². The molecule has 6 heteroatoms. The third kappa shape index (κ3) is 5.60. The minimum absolute atomic E-state index is 0.538. The minimum atomic E-state index is -1.58. The highest BCUT2D eigenvalue weighted by atomic mass is 127. The van der Waals surface area contributed by atoms with Gasteiger partial charge < -0.3 is 9.29 Å². The summed E-state index contributed by atoms with van der Waals surface area (Å²) in [7, 11) is 0. The zero-order valence-electron chi connectivity index (χ0n) is 9.82. The molecule has 1 amide bonds. The molecule has 0 aliphatic carbocycles. The topological polar surface area (TPSA) is 61.4 Å². The molecule has 94 valence electrons. The van der Waals surface area contributed by atoms with Crippen LogP contribution in [0, 0.1) is 3.57 Å². The van der Waals surface area contributed by atoms with E-state index in [4.69, 9.17) is 4.74 Å². The summed E-state index contributed by atoms with van der Waals surface area (Å²) in [4.78, 5) is 11.9. The number of hydrogen-bond donors (Lipinski definition) is 1. The van der Waals surface area contributed by atoms with Crippen LogP contribution in [-0.2, 0) is 16.1 Å². The zero-order chi connectivity index (χ0) is 13.1. The molecule has 0 saturated heterocycles. The van der Waals surface area contributed by atoms with E-state index in [1.54, 1.807) is 32.9 Å². The zero-order valence-corrected chi connectivity index (χ0v) is 12.8. The largest absolute Gasteiger partial charge is 0.588 e. The second kappa shape index (κ2) is 5.92. The SMILES string of the molecule is CC(C)(C)OC(=O)N[S+]([O-])c1ccc(I)cc1. The van der Waals surface area contributed by atoms with Gasteiger partial charge in [0.25, 0.3) is 0 Å². The second-order valence-electron chi connectivity index (χ2n) is 4.33. The van der Waals surface area contributed by atoms with E-state index in [0.717, 1.165) is 3.57 Å². The Kier molecular flexibility index (Phi) is 5.08. The lowest BCUT2D eigenvalue weighted by Gasteiger charge is -2.19. The number of carbonyl (C=O) groups excluding carboxylic acids is 1. The smallest absolute Gasteiger partial charge is 0.449 e. The van der Waals surface area contributed by atoms with E-state index in [1.165, 1.54) is 0 Å². The van der Waals surface area contributed by atoms with Crippen LogP contribution in [0.2, 0.25) is 0 Å². The van der Waals surface area contributed by atoms with Crippen LogP contribution in [-0.4, -0.2) is 16.2 Å². The van der Waals surface area contributed by atoms with E-state index in [0.29, 0.717) is 4.90 Å². The fourth-order valence-corrected chi connectivity index (χ4v) is 2.05. The van der Waals surface area contributed by atoms with Gasteiger partial charge in [0, 0.05) is 3.57 Å². The van der Waals surface area contributed by atoms with E-state index in [1.807, 2.05) is 12.1 Å². The third-order valence-electron chi connectivity index (χ3n) is 1.60. The molecule has 1 unspecified atom stereocenters. The number of benzene rings is 1. The number of ether oxygens (including phenoxy) is 1. The molecule has 1 aromatic rings. The summed E-state index contributed by atoms with van der Waals surface area (Å²) in [5, 5.41) is 0. The first-order valence-corrected chi connectivity index (χ1v) is 7.18. The maximum Gasteiger partial charge on any atom is 0.449 e. The monoisotopic (exact) mass is 367 g/mol. The summed E-state index contributed by atoms with van der Waals surface area (Å²) < 4.78 is 20.1. The maximum absolute atomic E-state index is 11.7. The van der Waals surface area contributed by atoms with Crippen LogP contribution < -0.4 is 4.72 Å². The first-order valence-electron chi connectivity index (χ1n) is 4.95. The quantitative estimate of drug-likeness (QED) is 0.646. The molecule has 1 N–H and O–H groups in total. The molecular formula is C11H14INO3S. The molecule has 1 atom stereocenters. The Bertz CT molecular complexity index is 389. The molecule has 0 saturated carbocycles. The van der Waals surface area contributed by atoms with Crippen molar-refractivity contribution in [1.29, 1.82) is 0 Å². The third-order valence-corrected chi connectivity index (χ3v) is 3.37. The lowest BCUT2D eigenvalue weighted by Crippen LogP contribution is -2.36. The van der Waals surface area contributed by atoms with Crippen LogP contribution >= 0.6 is 22.6 Å². The average Bonchev–Trinajstić information content (AvgIpc) is 2.15. The Hall–Kier alpha value is -0.470. The molecule has 0 aliphatic heterocycles. The van der Waals surface area contributed by atoms with Gasteiger partial charge in [-0.3, -0.25) is 0 Å². The molecule has 0 heterocycles. The van der Waals surface area contributed by atoms with Gasteiger partial charge in [-0.05, 0) is 67.6 Å². The van der Waals surface area contributed by atoms with Crippen molar-refractivity contribution in [2.75, 3.05) is 0 Å². The van der Waals surface area contributed by atoms with Crippen LogP contribution in [0.1, 0.15) is 20.8 Å². The molecular weight excluding hydrogens is 353 g/mol. The lowest BCUT2D eigenvalue weighted by atomic mass is 10.2. The van der Waals surface area contributed by atoms with Gasteiger partial charge in [-0.15, -0.1) is 4.72 Å². The van der Waals surface area contributed by atoms with Gasteiger partial charge in [-0.2, -0.15) is 0 Å². The average molecular weight is 367 g/mol. The fourth-order valence-electron chi connectivity index (χ4n) is 0.992. The second-order valence-corrected chi connectivity index (χ2v) is 6.79. The van der Waals surface area contributed by atoms with E-state index in [2.05, 4.69) is 27.3 Å². The molecule has 0 bridgehead atoms. The van der Waals surface area contributed by atoms with Crippen LogP contribution in [0.15, 0.2) is 29.2 Å². The van der Waals surface area contributed by atoms with E-state index in [9.17, 15) is 9.35 Å². The van der Waals surface area contributed by atoms with Gasteiger partial charge in [0.2, 0.25) is 0 Å². The van der Waals surface area contributed by atoms with Crippen molar-refractivity contribution in [2.24, 2.45) is 0 Å². The van der Waals surface area contributed by atoms with Gasteiger partial charge in [-0.1, -0.05) is 0 Å². The van der Waals surface area contributed by atoms with Crippen molar-refractivity contribution in [3.05, 3.63) is 27.8 Å². The van der Waals surface area contributed by atoms with Crippen LogP contribution in [0.5, 0.6) is 0 Å². The van der Waals surface area contributed by atoms with E-state index >= 15 is 0 Å². The highest BCUT2D eigenvalue weighted by molar-refractivity contribution is 14.1. The molecule has 0 radical (unpaired) electrons. The highest BCUT2D eigenvalue weighted by Gasteiger charge is 2.21. The molecule has 4 nitrogen and oxygen atoms in total. The standard InChI is InChI=1S/C11H14INO3S/c1-11(2,3)16-10(14)13-17(15)9-6-4-8(12)5-7-9/h4-7H,1-3H3,(H,13,14). The number of hydrogen-bond acceptors (Lipinski definition) is 3. The molecule has 0 aromatic heterocycles. The fraction of sp³-hybridized carbons (Fsp3) is 0.364. The van der Waals surface area contributed by atoms with Gasteiger partial charge in [0.05, 0.1) is 0 Å². The number of nitrogens with one attached hydrogen (secondary N) is 1. The summed E-state index contributed by atoms with van der Waals surface area (Å²) in [6, 6.07) is 7.06. The molecule has 0 aliphatic rings. The van der Waals surface area contributed by atoms with Gasteiger partial charge in [-0.25, -0.2) is 4.79 Å². The van der Waals surface area contributed by atoms with Crippen molar-refractivity contribution >= 4 is 40.0 Å². The predicted molar refractivity (Wildman–Crippen MR) is 74.9 cm³/mol. The Morgan fingerprint density at radius 1 is 1.35 bits per heavy atom. The Morgan fingerprint density at radius 3 is 2.35 bits per heavy atom. The van der Waals surface area contributed by atoms with E-state index in [-0.39, 0.29) is 0 Å². The maximum atomic E-state index is 11.7. The molecule has 0 spiro atoms. The number of rotatable bonds is 2. The summed E-state index contributed by atoms with van der Waals surface area (Å²) >= 11 is 0.568. The van der Waals surface area contributed by atoms with E-state index < -0.39 is 23.1 Å². The summed E-state index contributed by atoms with van der Waals surface area (Å²) in [6.45, 7) is 5.25. The first-order chi connectivity index (χ1) is 7.78. The first kappa shape index (κ1) is 14.6. The molecule has 1 rings (SSSR count). The normalized spacial score (nSPS) is 13.0. The van der Waals surface area contributed by atoms with Crippen molar-refractivity contribution in [2.45, 2.75) is 31.3 Å². The van der Waals surface area contributed by atoms with Crippen LogP contribution in [0.25, 0.3) is 0 Å². The lowest BCUT2D eigenvalue weighted by molar-refractivity contribution is 0.0570. The summed E-state index contributed by atoms with van der Waals surface area (Å²) in [5.41, 5.74) is -0.597. The minimum Gasteiger partial charge on any atom is -0.588 e. The molecule has 1 aromatic carbocycles. The van der Waals surface area contributed by atoms with Gasteiger partial charge in [0.1, 0.15) is 17.0 Å². The Balaban J connectivity index is 2.57. The number of carbonyl (C=O) groups is 1. The number of halogens is 1. The van der Waals surface area contributed by atoms with Crippen molar-refractivity contribution in [1.82, 2.24) is 4.72 Å². The molecule has 0 fully saturated rings. The molecule has 17 heavy (non-hydrogen) atoms. The Labute approximate surface area is 118 Å². The van der Waals surface area contributed by atoms with Crippen molar-refractivity contribution in [3.8, 4) is 0 Å². The van der Waals surface area contributed by atoms with Crippen molar-refractivity contribution < 1.29 is 14.1 Å². The Morgan fingerprint density at radius 2 is 1.88 bits per heavy atom. The van der Waals surface area contributed by atoms with Crippen LogP contribution in [0.4, 0.5) is 4.79 Å². The van der Waals surface area contributed by atoms with Gasteiger partial charge in [0.15, 0.2) is 4.90 Å². The summed E-state index contributed by atoms with van der Waals surface area (Å²) in [6.07, 6.45) is -0.686. The predicted octanol–water partition coefficient (Wildman–Crippen LogP) is 2.84. The number of amides is 1.